The van der Waals surface area contributed by atoms with E-state index in [0.717, 1.165) is 6.54 Å². The molecule has 1 heterocycles. The zero-order valence-corrected chi connectivity index (χ0v) is 12.9. The molecule has 1 saturated carbocycles. The van der Waals surface area contributed by atoms with Crippen LogP contribution in [0.15, 0.2) is 23.5 Å². The Kier molecular flexibility index (Phi) is 7.07. The molecule has 0 amide bonds. The van der Waals surface area contributed by atoms with Crippen molar-refractivity contribution in [2.75, 3.05) is 6.54 Å². The summed E-state index contributed by atoms with van der Waals surface area (Å²) >= 11 is 0. The Hall–Kier alpha value is -0.790. The largest absolute Gasteiger partial charge is 0.370 e. The number of nitrogens with one attached hydrogen (secondary N) is 1. The predicted molar refractivity (Wildman–Crippen MR) is 84.1 cm³/mol. The van der Waals surface area contributed by atoms with Gasteiger partial charge in [-0.1, -0.05) is 19.3 Å². The summed E-state index contributed by atoms with van der Waals surface area (Å²) in [7, 11) is 0. The van der Waals surface area contributed by atoms with Gasteiger partial charge in [0.05, 0.1) is 13.1 Å². The van der Waals surface area contributed by atoms with E-state index < -0.39 is 0 Å². The van der Waals surface area contributed by atoms with Crippen LogP contribution in [-0.2, 0) is 6.54 Å². The third-order valence-corrected chi connectivity index (χ3v) is 3.13. The lowest BCUT2D eigenvalue weighted by Crippen LogP contribution is -2.41. The van der Waals surface area contributed by atoms with Gasteiger partial charge in [-0.05, 0) is 18.9 Å². The van der Waals surface area contributed by atoms with Gasteiger partial charge in [0.15, 0.2) is 5.96 Å². The number of rotatable bonds is 4. The third kappa shape index (κ3) is 5.24. The molecule has 1 aliphatic carbocycles. The Balaban J connectivity index is 0.00000162. The fourth-order valence-corrected chi connectivity index (χ4v) is 2.21. The number of halogens is 1. The maximum atomic E-state index is 5.85. The average molecular weight is 363 g/mol. The van der Waals surface area contributed by atoms with Gasteiger partial charge in [0.1, 0.15) is 0 Å². The number of aromatic nitrogens is 2. The van der Waals surface area contributed by atoms with Crippen molar-refractivity contribution in [1.82, 2.24) is 15.1 Å². The van der Waals surface area contributed by atoms with Crippen LogP contribution in [-0.4, -0.2) is 28.3 Å². The van der Waals surface area contributed by atoms with E-state index in [9.17, 15) is 0 Å². The quantitative estimate of drug-likeness (QED) is 0.487. The van der Waals surface area contributed by atoms with Crippen LogP contribution in [0.3, 0.4) is 0 Å². The van der Waals surface area contributed by atoms with Crippen LogP contribution in [0.5, 0.6) is 0 Å². The molecule has 0 bridgehead atoms. The van der Waals surface area contributed by atoms with Gasteiger partial charge in [0.2, 0.25) is 0 Å². The molecule has 0 spiro atoms. The molecule has 0 unspecified atom stereocenters. The molecule has 18 heavy (non-hydrogen) atoms. The molecule has 102 valence electrons. The first kappa shape index (κ1) is 15.3. The van der Waals surface area contributed by atoms with Gasteiger partial charge in [-0.2, -0.15) is 5.10 Å². The Morgan fingerprint density at radius 2 is 2.17 bits per heavy atom. The van der Waals surface area contributed by atoms with Crippen molar-refractivity contribution >= 4 is 29.9 Å². The number of hydrogen-bond donors (Lipinski definition) is 2. The zero-order chi connectivity index (χ0) is 11.9. The van der Waals surface area contributed by atoms with E-state index in [1.54, 1.807) is 6.20 Å². The van der Waals surface area contributed by atoms with Crippen molar-refractivity contribution in [3.05, 3.63) is 18.5 Å². The van der Waals surface area contributed by atoms with Crippen molar-refractivity contribution in [3.8, 4) is 0 Å². The summed E-state index contributed by atoms with van der Waals surface area (Å²) in [6.07, 6.45) is 10.1. The molecule has 0 aromatic carbocycles. The highest BCUT2D eigenvalue weighted by Crippen LogP contribution is 2.16. The standard InChI is InChI=1S/C12H21N5.HI/c13-12(16-11-5-2-1-3-6-11)14-8-10-17-9-4-7-15-17;/h4,7,9,11H,1-3,5-6,8,10H2,(H3,13,14,16);1H. The highest BCUT2D eigenvalue weighted by molar-refractivity contribution is 14.0. The van der Waals surface area contributed by atoms with Gasteiger partial charge >= 0.3 is 0 Å². The van der Waals surface area contributed by atoms with Crippen LogP contribution < -0.4 is 11.1 Å². The van der Waals surface area contributed by atoms with Crippen molar-refractivity contribution < 1.29 is 0 Å². The van der Waals surface area contributed by atoms with E-state index >= 15 is 0 Å². The average Bonchev–Trinajstić information content (AvgIpc) is 2.83. The molecule has 0 radical (unpaired) electrons. The van der Waals surface area contributed by atoms with Gasteiger partial charge in [-0.25, -0.2) is 0 Å². The highest BCUT2D eigenvalue weighted by Gasteiger charge is 2.12. The number of nitrogens with two attached hydrogens (primary N) is 1. The summed E-state index contributed by atoms with van der Waals surface area (Å²) in [5.41, 5.74) is 5.85. The molecule has 0 saturated heterocycles. The van der Waals surface area contributed by atoms with Crippen LogP contribution >= 0.6 is 24.0 Å². The maximum Gasteiger partial charge on any atom is 0.188 e. The SMILES string of the molecule is I.NC(=NCCn1cccn1)NC1CCCCC1. The molecule has 6 heteroatoms. The van der Waals surface area contributed by atoms with Crippen molar-refractivity contribution in [2.45, 2.75) is 44.7 Å². The Morgan fingerprint density at radius 3 is 2.83 bits per heavy atom. The van der Waals surface area contributed by atoms with Gasteiger partial charge in [-0.3, -0.25) is 9.67 Å². The molecule has 1 fully saturated rings. The van der Waals surface area contributed by atoms with Crippen molar-refractivity contribution in [3.63, 3.8) is 0 Å². The molecule has 1 aromatic heterocycles. The van der Waals surface area contributed by atoms with Gasteiger partial charge < -0.3 is 11.1 Å². The van der Waals surface area contributed by atoms with Gasteiger partial charge in [0.25, 0.3) is 0 Å². The molecular formula is C12H22IN5. The molecule has 2 rings (SSSR count). The minimum absolute atomic E-state index is 0. The van der Waals surface area contributed by atoms with Crippen LogP contribution in [0.4, 0.5) is 0 Å². The lowest BCUT2D eigenvalue weighted by atomic mass is 9.96. The molecule has 1 aliphatic rings. The van der Waals surface area contributed by atoms with E-state index in [1.807, 2.05) is 16.9 Å². The van der Waals surface area contributed by atoms with Crippen LogP contribution in [0.25, 0.3) is 0 Å². The van der Waals surface area contributed by atoms with Gasteiger partial charge in [0, 0.05) is 18.4 Å². The van der Waals surface area contributed by atoms with E-state index in [1.165, 1.54) is 32.1 Å². The number of guanidine groups is 1. The monoisotopic (exact) mass is 363 g/mol. The minimum atomic E-state index is 0. The number of hydrogen-bond acceptors (Lipinski definition) is 2. The first-order chi connectivity index (χ1) is 8.34. The van der Waals surface area contributed by atoms with Crippen LogP contribution in [0.1, 0.15) is 32.1 Å². The molecule has 3 N–H and O–H groups in total. The second-order valence-corrected chi connectivity index (χ2v) is 4.52. The van der Waals surface area contributed by atoms with E-state index in [4.69, 9.17) is 5.73 Å². The van der Waals surface area contributed by atoms with Crippen molar-refractivity contribution in [1.29, 1.82) is 0 Å². The summed E-state index contributed by atoms with van der Waals surface area (Å²) in [5, 5.41) is 7.41. The summed E-state index contributed by atoms with van der Waals surface area (Å²) < 4.78 is 1.86. The Morgan fingerprint density at radius 1 is 1.39 bits per heavy atom. The fraction of sp³-hybridized carbons (Fsp3) is 0.667. The number of aliphatic imine (C=N–C) groups is 1. The second kappa shape index (κ2) is 8.34. The number of nitrogens with zero attached hydrogens (tertiary/aromatic N) is 3. The Labute approximate surface area is 125 Å². The first-order valence-corrected chi connectivity index (χ1v) is 6.38. The molecular weight excluding hydrogens is 341 g/mol. The summed E-state index contributed by atoms with van der Waals surface area (Å²) in [4.78, 5) is 4.32. The Bertz CT molecular complexity index is 343. The smallest absolute Gasteiger partial charge is 0.188 e. The molecule has 0 atom stereocenters. The van der Waals surface area contributed by atoms with Crippen LogP contribution in [0, 0.1) is 0 Å². The zero-order valence-electron chi connectivity index (χ0n) is 10.6. The lowest BCUT2D eigenvalue weighted by Gasteiger charge is -2.23. The van der Waals surface area contributed by atoms with Gasteiger partial charge in [-0.15, -0.1) is 24.0 Å². The van der Waals surface area contributed by atoms with E-state index in [2.05, 4.69) is 15.4 Å². The lowest BCUT2D eigenvalue weighted by molar-refractivity contribution is 0.412. The topological polar surface area (TPSA) is 68.2 Å². The van der Waals surface area contributed by atoms with Crippen LogP contribution in [0.2, 0.25) is 0 Å². The molecule has 5 nitrogen and oxygen atoms in total. The summed E-state index contributed by atoms with van der Waals surface area (Å²) in [5.74, 6) is 0.573. The highest BCUT2D eigenvalue weighted by atomic mass is 127. The predicted octanol–water partition coefficient (Wildman–Crippen LogP) is 1.74. The fourth-order valence-electron chi connectivity index (χ4n) is 2.21. The first-order valence-electron chi connectivity index (χ1n) is 6.38. The summed E-state index contributed by atoms with van der Waals surface area (Å²) in [6.45, 7) is 1.45. The second-order valence-electron chi connectivity index (χ2n) is 4.52. The molecule has 1 aromatic rings. The summed E-state index contributed by atoms with van der Waals surface area (Å²) in [6, 6.07) is 2.44. The van der Waals surface area contributed by atoms with E-state index in [-0.39, 0.29) is 24.0 Å². The van der Waals surface area contributed by atoms with Crippen molar-refractivity contribution in [2.24, 2.45) is 10.7 Å². The third-order valence-electron chi connectivity index (χ3n) is 3.13. The minimum Gasteiger partial charge on any atom is -0.370 e. The normalized spacial score (nSPS) is 17.2. The van der Waals surface area contributed by atoms with E-state index in [0.29, 0.717) is 18.5 Å². The maximum absolute atomic E-state index is 5.85. The molecule has 0 aliphatic heterocycles.